The minimum absolute atomic E-state index is 0.0952. The molecule has 0 radical (unpaired) electrons. The Kier molecular flexibility index (Phi) is 4.96. The van der Waals surface area contributed by atoms with Gasteiger partial charge in [0, 0.05) is 9.75 Å². The highest BCUT2D eigenvalue weighted by molar-refractivity contribution is 7.12. The van der Waals surface area contributed by atoms with E-state index in [0.29, 0.717) is 17.9 Å². The number of hydrogen-bond donors (Lipinski definition) is 1. The highest BCUT2D eigenvalue weighted by Crippen LogP contribution is 2.20. The fourth-order valence-electron chi connectivity index (χ4n) is 1.80. The average Bonchev–Trinajstić information content (AvgIpc) is 2.82. The zero-order valence-electron chi connectivity index (χ0n) is 12.0. The maximum Gasteiger partial charge on any atom is 0.258 e. The first kappa shape index (κ1) is 15.1. The van der Waals surface area contributed by atoms with Crippen LogP contribution in [-0.4, -0.2) is 12.5 Å². The van der Waals surface area contributed by atoms with Crippen molar-refractivity contribution in [2.75, 3.05) is 6.61 Å². The number of nitrogens with one attached hydrogen (secondary N) is 1. The third-order valence-electron chi connectivity index (χ3n) is 3.04. The Morgan fingerprint density at radius 1 is 1.38 bits per heavy atom. The number of thiophene rings is 1. The summed E-state index contributed by atoms with van der Waals surface area (Å²) in [6, 6.07) is 11.0. The zero-order valence-corrected chi connectivity index (χ0v) is 12.8. The zero-order chi connectivity index (χ0) is 15.2. The summed E-state index contributed by atoms with van der Waals surface area (Å²) in [7, 11) is 0. The van der Waals surface area contributed by atoms with E-state index in [2.05, 4.69) is 25.2 Å². The molecule has 1 aromatic heterocycles. The highest BCUT2D eigenvalue weighted by atomic mass is 32.1. The third-order valence-corrected chi connectivity index (χ3v) is 4.20. The fraction of sp³-hybridized carbons (Fsp3) is 0.250. The van der Waals surface area contributed by atoms with Crippen molar-refractivity contribution in [3.63, 3.8) is 0 Å². The number of carbonyl (C=O) groups is 1. The third kappa shape index (κ3) is 4.07. The van der Waals surface area contributed by atoms with Gasteiger partial charge in [0.1, 0.15) is 11.8 Å². The van der Waals surface area contributed by atoms with Gasteiger partial charge < -0.3 is 10.1 Å². The minimum Gasteiger partial charge on any atom is -0.482 e. The van der Waals surface area contributed by atoms with Crippen LogP contribution in [0.2, 0.25) is 0 Å². The fourth-order valence-corrected chi connectivity index (χ4v) is 2.79. The van der Waals surface area contributed by atoms with Gasteiger partial charge in [0.25, 0.3) is 5.91 Å². The van der Waals surface area contributed by atoms with Crippen molar-refractivity contribution in [3.05, 3.63) is 51.2 Å². The van der Waals surface area contributed by atoms with Crippen LogP contribution in [0.1, 0.15) is 20.9 Å². The normalized spacial score (nSPS) is 9.95. The number of benzene rings is 1. The van der Waals surface area contributed by atoms with Crippen LogP contribution in [0.25, 0.3) is 0 Å². The number of nitriles is 1. The largest absolute Gasteiger partial charge is 0.482 e. The molecule has 2 rings (SSSR count). The van der Waals surface area contributed by atoms with Gasteiger partial charge >= 0.3 is 0 Å². The molecule has 0 aliphatic carbocycles. The van der Waals surface area contributed by atoms with Crippen LogP contribution >= 0.6 is 11.3 Å². The Hall–Kier alpha value is -2.32. The molecule has 108 valence electrons. The van der Waals surface area contributed by atoms with Gasteiger partial charge in [0.15, 0.2) is 6.61 Å². The monoisotopic (exact) mass is 300 g/mol. The molecule has 0 fully saturated rings. The first-order valence-corrected chi connectivity index (χ1v) is 7.36. The van der Waals surface area contributed by atoms with Crippen molar-refractivity contribution in [2.24, 2.45) is 0 Å². The summed E-state index contributed by atoms with van der Waals surface area (Å²) in [6.45, 7) is 4.52. The molecular weight excluding hydrogens is 284 g/mol. The molecule has 21 heavy (non-hydrogen) atoms. The van der Waals surface area contributed by atoms with Crippen molar-refractivity contribution >= 4 is 17.2 Å². The number of amides is 1. The summed E-state index contributed by atoms with van der Waals surface area (Å²) >= 11 is 1.68. The van der Waals surface area contributed by atoms with Crippen molar-refractivity contribution in [2.45, 2.75) is 20.4 Å². The number of nitrogens with zero attached hydrogens (tertiary/aromatic N) is 1. The van der Waals surface area contributed by atoms with Gasteiger partial charge in [-0.05, 0) is 37.6 Å². The molecule has 0 aliphatic rings. The summed E-state index contributed by atoms with van der Waals surface area (Å²) < 4.78 is 5.38. The first-order valence-electron chi connectivity index (χ1n) is 6.54. The van der Waals surface area contributed by atoms with E-state index >= 15 is 0 Å². The summed E-state index contributed by atoms with van der Waals surface area (Å²) in [5, 5.41) is 11.7. The molecule has 4 nitrogen and oxygen atoms in total. The van der Waals surface area contributed by atoms with Crippen molar-refractivity contribution in [1.29, 1.82) is 5.26 Å². The summed E-state index contributed by atoms with van der Waals surface area (Å²) in [6.07, 6.45) is 0. The van der Waals surface area contributed by atoms with Crippen LogP contribution in [-0.2, 0) is 11.3 Å². The summed E-state index contributed by atoms with van der Waals surface area (Å²) in [5.41, 5.74) is 1.67. The predicted octanol–water partition coefficient (Wildman–Crippen LogP) is 2.93. The van der Waals surface area contributed by atoms with Crippen LogP contribution < -0.4 is 10.1 Å². The van der Waals surface area contributed by atoms with Crippen LogP contribution in [0.15, 0.2) is 30.3 Å². The van der Waals surface area contributed by atoms with Crippen LogP contribution in [0.4, 0.5) is 0 Å². The first-order chi connectivity index (χ1) is 10.1. The number of hydrogen-bond acceptors (Lipinski definition) is 4. The minimum atomic E-state index is -0.202. The van der Waals surface area contributed by atoms with E-state index < -0.39 is 0 Å². The van der Waals surface area contributed by atoms with E-state index in [4.69, 9.17) is 10.00 Å². The quantitative estimate of drug-likeness (QED) is 0.923. The van der Waals surface area contributed by atoms with E-state index in [1.54, 1.807) is 35.6 Å². The molecule has 1 aromatic carbocycles. The number of ether oxygens (including phenoxy) is 1. The maximum absolute atomic E-state index is 11.8. The van der Waals surface area contributed by atoms with Gasteiger partial charge in [-0.3, -0.25) is 4.79 Å². The second kappa shape index (κ2) is 6.91. The predicted molar refractivity (Wildman–Crippen MR) is 82.3 cm³/mol. The van der Waals surface area contributed by atoms with Gasteiger partial charge in [-0.2, -0.15) is 5.26 Å². The Morgan fingerprint density at radius 3 is 2.81 bits per heavy atom. The van der Waals surface area contributed by atoms with Crippen molar-refractivity contribution in [1.82, 2.24) is 5.32 Å². The molecule has 1 amide bonds. The van der Waals surface area contributed by atoms with E-state index in [1.165, 1.54) is 10.4 Å². The highest BCUT2D eigenvalue weighted by Gasteiger charge is 2.07. The van der Waals surface area contributed by atoms with Crippen molar-refractivity contribution in [3.8, 4) is 11.8 Å². The number of carbonyl (C=O) groups excluding carboxylic acids is 1. The topological polar surface area (TPSA) is 62.1 Å². The molecule has 1 heterocycles. The molecule has 0 aliphatic heterocycles. The Balaban J connectivity index is 1.84. The molecule has 0 atom stereocenters. The number of para-hydroxylation sites is 1. The summed E-state index contributed by atoms with van der Waals surface area (Å²) in [5.74, 6) is 0.226. The van der Waals surface area contributed by atoms with Gasteiger partial charge in [-0.25, -0.2) is 0 Å². The SMILES string of the molecule is Cc1cc(CNC(=O)COc2ccccc2C#N)sc1C. The molecular formula is C16H16N2O2S. The second-order valence-corrected chi connectivity index (χ2v) is 5.97. The van der Waals surface area contributed by atoms with E-state index in [1.807, 2.05) is 6.07 Å². The summed E-state index contributed by atoms with van der Waals surface area (Å²) in [4.78, 5) is 14.2. The van der Waals surface area contributed by atoms with Crippen LogP contribution in [0, 0.1) is 25.2 Å². The number of rotatable bonds is 5. The molecule has 1 N–H and O–H groups in total. The molecule has 0 bridgehead atoms. The molecule has 5 heteroatoms. The lowest BCUT2D eigenvalue weighted by atomic mass is 10.2. The lowest BCUT2D eigenvalue weighted by Crippen LogP contribution is -2.28. The molecule has 2 aromatic rings. The number of aryl methyl sites for hydroxylation is 2. The Labute approximate surface area is 128 Å². The van der Waals surface area contributed by atoms with Gasteiger partial charge in [0.05, 0.1) is 12.1 Å². The van der Waals surface area contributed by atoms with E-state index in [9.17, 15) is 4.79 Å². The smallest absolute Gasteiger partial charge is 0.258 e. The van der Waals surface area contributed by atoms with E-state index in [0.717, 1.165) is 4.88 Å². The molecule has 0 unspecified atom stereocenters. The van der Waals surface area contributed by atoms with Crippen molar-refractivity contribution < 1.29 is 9.53 Å². The van der Waals surface area contributed by atoms with Gasteiger partial charge in [-0.15, -0.1) is 11.3 Å². The lowest BCUT2D eigenvalue weighted by Gasteiger charge is -2.07. The molecule has 0 saturated carbocycles. The van der Waals surface area contributed by atoms with E-state index in [-0.39, 0.29) is 12.5 Å². The maximum atomic E-state index is 11.8. The standard InChI is InChI=1S/C16H16N2O2S/c1-11-7-14(21-12(11)2)9-18-16(19)10-20-15-6-4-3-5-13(15)8-17/h3-7H,9-10H2,1-2H3,(H,18,19). The second-order valence-electron chi connectivity index (χ2n) is 4.63. The average molecular weight is 300 g/mol. The molecule has 0 saturated heterocycles. The van der Waals surface area contributed by atoms with Crippen LogP contribution in [0.3, 0.4) is 0 Å². The van der Waals surface area contributed by atoms with Crippen LogP contribution in [0.5, 0.6) is 5.75 Å². The Morgan fingerprint density at radius 2 is 2.14 bits per heavy atom. The molecule has 0 spiro atoms. The van der Waals surface area contributed by atoms with Gasteiger partial charge in [0.2, 0.25) is 0 Å². The van der Waals surface area contributed by atoms with Gasteiger partial charge in [-0.1, -0.05) is 12.1 Å². The Bertz CT molecular complexity index is 666. The lowest BCUT2D eigenvalue weighted by molar-refractivity contribution is -0.123.